The third kappa shape index (κ3) is 2.76. The Kier molecular flexibility index (Phi) is 4.11. The molecule has 1 unspecified atom stereocenters. The van der Waals surface area contributed by atoms with Gasteiger partial charge in [0, 0.05) is 19.0 Å². The van der Waals surface area contributed by atoms with Crippen LogP contribution < -0.4 is 0 Å². The molecular weight excluding hydrogens is 226 g/mol. The quantitative estimate of drug-likeness (QED) is 0.872. The standard InChI is InChI=1S/C14H15N3O/c15-10-12-3-5-13(6-4-12)14(2-1-9-18)17-8-7-16-11-17/h3-8,11,14,18H,1-2,9H2. The molecule has 0 aliphatic rings. The van der Waals surface area contributed by atoms with E-state index in [-0.39, 0.29) is 12.6 Å². The minimum atomic E-state index is 0.160. The zero-order valence-corrected chi connectivity index (χ0v) is 10.0. The largest absolute Gasteiger partial charge is 0.396 e. The molecule has 0 spiro atoms. The van der Waals surface area contributed by atoms with E-state index in [4.69, 9.17) is 10.4 Å². The van der Waals surface area contributed by atoms with Gasteiger partial charge in [0.15, 0.2) is 0 Å². The molecule has 0 saturated heterocycles. The number of aliphatic hydroxyl groups is 1. The molecule has 92 valence electrons. The summed E-state index contributed by atoms with van der Waals surface area (Å²) in [5, 5.41) is 17.8. The number of rotatable bonds is 5. The smallest absolute Gasteiger partial charge is 0.0991 e. The highest BCUT2D eigenvalue weighted by Gasteiger charge is 2.12. The Balaban J connectivity index is 2.25. The van der Waals surface area contributed by atoms with Crippen LogP contribution in [0, 0.1) is 11.3 Å². The summed E-state index contributed by atoms with van der Waals surface area (Å²) in [7, 11) is 0. The molecule has 2 aromatic rings. The van der Waals surface area contributed by atoms with Gasteiger partial charge in [0.1, 0.15) is 0 Å². The summed E-state index contributed by atoms with van der Waals surface area (Å²) < 4.78 is 2.02. The van der Waals surface area contributed by atoms with Crippen molar-refractivity contribution in [3.8, 4) is 6.07 Å². The van der Waals surface area contributed by atoms with E-state index < -0.39 is 0 Å². The second-order valence-corrected chi connectivity index (χ2v) is 4.13. The Morgan fingerprint density at radius 2 is 2.11 bits per heavy atom. The maximum absolute atomic E-state index is 8.97. The number of hydrogen-bond donors (Lipinski definition) is 1. The van der Waals surface area contributed by atoms with Crippen molar-refractivity contribution in [2.75, 3.05) is 6.61 Å². The average Bonchev–Trinajstić information content (AvgIpc) is 2.94. The van der Waals surface area contributed by atoms with Crippen LogP contribution in [0.2, 0.25) is 0 Å². The first kappa shape index (κ1) is 12.3. The van der Waals surface area contributed by atoms with E-state index in [1.54, 1.807) is 12.5 Å². The monoisotopic (exact) mass is 241 g/mol. The first-order chi connectivity index (χ1) is 8.85. The summed E-state index contributed by atoms with van der Waals surface area (Å²) in [6, 6.07) is 9.82. The number of imidazole rings is 1. The van der Waals surface area contributed by atoms with Gasteiger partial charge in [-0.05, 0) is 30.5 Å². The second kappa shape index (κ2) is 5.99. The molecule has 0 bridgehead atoms. The molecule has 4 heteroatoms. The summed E-state index contributed by atoms with van der Waals surface area (Å²) in [6.07, 6.45) is 7.03. The molecule has 0 aliphatic heterocycles. The molecule has 1 heterocycles. The predicted octanol–water partition coefficient (Wildman–Crippen LogP) is 2.12. The first-order valence-electron chi connectivity index (χ1n) is 5.93. The van der Waals surface area contributed by atoms with Gasteiger partial charge in [0.05, 0.1) is 24.0 Å². The van der Waals surface area contributed by atoms with Crippen LogP contribution in [0.4, 0.5) is 0 Å². The SMILES string of the molecule is N#Cc1ccc(C(CCCO)n2ccnc2)cc1. The van der Waals surface area contributed by atoms with E-state index in [1.807, 2.05) is 35.0 Å². The summed E-state index contributed by atoms with van der Waals surface area (Å²) in [4.78, 5) is 4.06. The fraction of sp³-hybridized carbons (Fsp3) is 0.286. The van der Waals surface area contributed by atoms with Crippen molar-refractivity contribution in [2.24, 2.45) is 0 Å². The number of benzene rings is 1. The van der Waals surface area contributed by atoms with Crippen molar-refractivity contribution in [1.29, 1.82) is 5.26 Å². The van der Waals surface area contributed by atoms with Gasteiger partial charge in [-0.25, -0.2) is 4.98 Å². The Morgan fingerprint density at radius 1 is 1.33 bits per heavy atom. The molecule has 0 aliphatic carbocycles. The predicted molar refractivity (Wildman–Crippen MR) is 67.8 cm³/mol. The van der Waals surface area contributed by atoms with Crippen LogP contribution in [-0.4, -0.2) is 21.3 Å². The second-order valence-electron chi connectivity index (χ2n) is 4.13. The molecule has 0 saturated carbocycles. The maximum atomic E-state index is 8.97. The fourth-order valence-corrected chi connectivity index (χ4v) is 2.01. The van der Waals surface area contributed by atoms with E-state index in [1.165, 1.54) is 0 Å². The molecule has 0 radical (unpaired) electrons. The number of aromatic nitrogens is 2. The number of nitrogens with zero attached hydrogens (tertiary/aromatic N) is 3. The van der Waals surface area contributed by atoms with Crippen molar-refractivity contribution < 1.29 is 5.11 Å². The third-order valence-corrected chi connectivity index (χ3v) is 2.94. The fourth-order valence-electron chi connectivity index (χ4n) is 2.01. The summed E-state index contributed by atoms with van der Waals surface area (Å²) >= 11 is 0. The molecule has 1 atom stereocenters. The van der Waals surface area contributed by atoms with E-state index in [0.717, 1.165) is 18.4 Å². The highest BCUT2D eigenvalue weighted by atomic mass is 16.2. The van der Waals surface area contributed by atoms with Crippen LogP contribution in [0.5, 0.6) is 0 Å². The molecule has 1 aromatic heterocycles. The van der Waals surface area contributed by atoms with Crippen molar-refractivity contribution >= 4 is 0 Å². The summed E-state index contributed by atoms with van der Waals surface area (Å²) in [6.45, 7) is 0.182. The Labute approximate surface area is 106 Å². The molecule has 18 heavy (non-hydrogen) atoms. The van der Waals surface area contributed by atoms with Crippen molar-refractivity contribution in [2.45, 2.75) is 18.9 Å². The van der Waals surface area contributed by atoms with Crippen LogP contribution in [0.25, 0.3) is 0 Å². The topological polar surface area (TPSA) is 61.8 Å². The molecule has 1 N–H and O–H groups in total. The molecule has 0 amide bonds. The summed E-state index contributed by atoms with van der Waals surface area (Å²) in [5.41, 5.74) is 1.78. The first-order valence-corrected chi connectivity index (χ1v) is 5.93. The molecular formula is C14H15N3O. The number of aliphatic hydroxyl groups excluding tert-OH is 1. The zero-order chi connectivity index (χ0) is 12.8. The average molecular weight is 241 g/mol. The lowest BCUT2D eigenvalue weighted by Gasteiger charge is -2.18. The number of hydrogen-bond acceptors (Lipinski definition) is 3. The van der Waals surface area contributed by atoms with E-state index in [9.17, 15) is 0 Å². The van der Waals surface area contributed by atoms with Gasteiger partial charge >= 0.3 is 0 Å². The van der Waals surface area contributed by atoms with E-state index in [2.05, 4.69) is 11.1 Å². The van der Waals surface area contributed by atoms with E-state index in [0.29, 0.717) is 5.56 Å². The van der Waals surface area contributed by atoms with E-state index >= 15 is 0 Å². The van der Waals surface area contributed by atoms with Gasteiger partial charge in [-0.15, -0.1) is 0 Å². The zero-order valence-electron chi connectivity index (χ0n) is 10.0. The minimum absolute atomic E-state index is 0.160. The Morgan fingerprint density at radius 3 is 2.67 bits per heavy atom. The highest BCUT2D eigenvalue weighted by molar-refractivity contribution is 5.33. The Hall–Kier alpha value is -2.12. The van der Waals surface area contributed by atoms with Crippen molar-refractivity contribution in [3.63, 3.8) is 0 Å². The Bertz CT molecular complexity index is 511. The normalized spacial score (nSPS) is 12.0. The van der Waals surface area contributed by atoms with Crippen LogP contribution in [-0.2, 0) is 0 Å². The van der Waals surface area contributed by atoms with Gasteiger partial charge in [0.2, 0.25) is 0 Å². The van der Waals surface area contributed by atoms with Crippen molar-refractivity contribution in [1.82, 2.24) is 9.55 Å². The van der Waals surface area contributed by atoms with Crippen molar-refractivity contribution in [3.05, 3.63) is 54.1 Å². The maximum Gasteiger partial charge on any atom is 0.0991 e. The van der Waals surface area contributed by atoms with Gasteiger partial charge in [0.25, 0.3) is 0 Å². The summed E-state index contributed by atoms with van der Waals surface area (Å²) in [5.74, 6) is 0. The van der Waals surface area contributed by atoms with Gasteiger partial charge in [-0.1, -0.05) is 12.1 Å². The lowest BCUT2D eigenvalue weighted by molar-refractivity contribution is 0.276. The van der Waals surface area contributed by atoms with Crippen LogP contribution in [0.3, 0.4) is 0 Å². The van der Waals surface area contributed by atoms with Crippen LogP contribution in [0.15, 0.2) is 43.0 Å². The molecule has 1 aromatic carbocycles. The third-order valence-electron chi connectivity index (χ3n) is 2.94. The molecule has 4 nitrogen and oxygen atoms in total. The lowest BCUT2D eigenvalue weighted by Crippen LogP contribution is -2.09. The highest BCUT2D eigenvalue weighted by Crippen LogP contribution is 2.23. The van der Waals surface area contributed by atoms with Crippen LogP contribution >= 0.6 is 0 Å². The minimum Gasteiger partial charge on any atom is -0.396 e. The number of nitriles is 1. The van der Waals surface area contributed by atoms with Gasteiger partial charge in [-0.3, -0.25) is 0 Å². The molecule has 0 fully saturated rings. The molecule has 2 rings (SSSR count). The van der Waals surface area contributed by atoms with Gasteiger partial charge < -0.3 is 9.67 Å². The van der Waals surface area contributed by atoms with Gasteiger partial charge in [-0.2, -0.15) is 5.26 Å². The lowest BCUT2D eigenvalue weighted by atomic mass is 10.0. The van der Waals surface area contributed by atoms with Crippen LogP contribution in [0.1, 0.15) is 30.0 Å².